The fraction of sp³-hybridized carbons (Fsp3) is 0.562. The second kappa shape index (κ2) is 4.97. The third kappa shape index (κ3) is 2.66. The predicted molar refractivity (Wildman–Crippen MR) is 74.7 cm³/mol. The zero-order valence-electron chi connectivity index (χ0n) is 11.5. The third-order valence-electron chi connectivity index (χ3n) is 4.23. The number of benzene rings is 1. The maximum atomic E-state index is 12.2. The van der Waals surface area contributed by atoms with Crippen molar-refractivity contribution in [3.8, 4) is 5.75 Å². The number of hydrogen-bond donors (Lipinski definition) is 0. The van der Waals surface area contributed by atoms with Crippen molar-refractivity contribution in [1.82, 2.24) is 4.90 Å². The molecule has 1 unspecified atom stereocenters. The van der Waals surface area contributed by atoms with Gasteiger partial charge in [-0.2, -0.15) is 0 Å². The average molecular weight is 259 g/mol. The van der Waals surface area contributed by atoms with Gasteiger partial charge in [0, 0.05) is 6.54 Å². The van der Waals surface area contributed by atoms with E-state index >= 15 is 0 Å². The van der Waals surface area contributed by atoms with E-state index in [1.165, 1.54) is 25.9 Å². The van der Waals surface area contributed by atoms with Gasteiger partial charge in [0.2, 0.25) is 0 Å². The molecule has 102 valence electrons. The molecular formula is C16H21NO2. The van der Waals surface area contributed by atoms with Crippen molar-refractivity contribution >= 4 is 5.78 Å². The molecule has 1 fully saturated rings. The standard InChI is InChI=1S/C16H21NO2/c1-16(8-11-17-9-4-5-10-17)12-14(18)13-6-2-3-7-15(13)19-16/h2-3,6-7H,4-5,8-12H2,1H3. The average Bonchev–Trinajstić information content (AvgIpc) is 2.89. The minimum Gasteiger partial charge on any atom is -0.486 e. The van der Waals surface area contributed by atoms with Crippen molar-refractivity contribution in [2.24, 2.45) is 0 Å². The van der Waals surface area contributed by atoms with E-state index < -0.39 is 0 Å². The number of carbonyl (C=O) groups excluding carboxylic acids is 1. The minimum absolute atomic E-state index is 0.214. The fourth-order valence-electron chi connectivity index (χ4n) is 3.06. The fourth-order valence-corrected chi connectivity index (χ4v) is 3.06. The molecule has 2 aliphatic heterocycles. The molecule has 0 aromatic heterocycles. The summed E-state index contributed by atoms with van der Waals surface area (Å²) in [7, 11) is 0. The number of rotatable bonds is 3. The summed E-state index contributed by atoms with van der Waals surface area (Å²) in [5.74, 6) is 0.966. The van der Waals surface area contributed by atoms with E-state index in [1.807, 2.05) is 24.3 Å². The molecular weight excluding hydrogens is 238 g/mol. The quantitative estimate of drug-likeness (QED) is 0.836. The summed E-state index contributed by atoms with van der Waals surface area (Å²) in [5.41, 5.74) is 0.398. The molecule has 0 saturated carbocycles. The Labute approximate surface area is 114 Å². The molecule has 2 heterocycles. The normalized spacial score (nSPS) is 27.1. The van der Waals surface area contributed by atoms with Crippen LogP contribution in [0.25, 0.3) is 0 Å². The highest BCUT2D eigenvalue weighted by atomic mass is 16.5. The van der Waals surface area contributed by atoms with Crippen molar-refractivity contribution in [1.29, 1.82) is 0 Å². The number of fused-ring (bicyclic) bond motifs is 1. The SMILES string of the molecule is CC1(CCN2CCCC2)CC(=O)c2ccccc2O1. The van der Waals surface area contributed by atoms with Crippen molar-refractivity contribution in [3.05, 3.63) is 29.8 Å². The maximum Gasteiger partial charge on any atom is 0.170 e. The zero-order chi connectivity index (χ0) is 13.3. The molecule has 3 nitrogen and oxygen atoms in total. The number of hydrogen-bond acceptors (Lipinski definition) is 3. The first kappa shape index (κ1) is 12.7. The Bertz CT molecular complexity index is 479. The number of likely N-dealkylation sites (tertiary alicyclic amines) is 1. The summed E-state index contributed by atoms with van der Waals surface area (Å²) in [4.78, 5) is 14.7. The Morgan fingerprint density at radius 2 is 2.00 bits per heavy atom. The topological polar surface area (TPSA) is 29.5 Å². The van der Waals surface area contributed by atoms with Crippen LogP contribution >= 0.6 is 0 Å². The molecule has 0 radical (unpaired) electrons. The molecule has 0 bridgehead atoms. The molecule has 1 aromatic carbocycles. The maximum absolute atomic E-state index is 12.2. The van der Waals surface area contributed by atoms with Crippen LogP contribution in [0.2, 0.25) is 0 Å². The Hall–Kier alpha value is -1.35. The lowest BCUT2D eigenvalue weighted by molar-refractivity contribution is 0.0413. The van der Waals surface area contributed by atoms with Crippen molar-refractivity contribution in [3.63, 3.8) is 0 Å². The molecule has 0 N–H and O–H groups in total. The highest BCUT2D eigenvalue weighted by Gasteiger charge is 2.36. The second-order valence-corrected chi connectivity index (χ2v) is 5.95. The van der Waals surface area contributed by atoms with E-state index in [2.05, 4.69) is 11.8 Å². The predicted octanol–water partition coefficient (Wildman–Crippen LogP) is 2.90. The summed E-state index contributed by atoms with van der Waals surface area (Å²) >= 11 is 0. The monoisotopic (exact) mass is 259 g/mol. The number of nitrogens with zero attached hydrogens (tertiary/aromatic N) is 1. The molecule has 1 saturated heterocycles. The first-order valence-electron chi connectivity index (χ1n) is 7.20. The minimum atomic E-state index is -0.339. The van der Waals surface area contributed by atoms with Gasteiger partial charge in [0.1, 0.15) is 11.4 Å². The summed E-state index contributed by atoms with van der Waals surface area (Å²) in [6.45, 7) is 5.49. The Morgan fingerprint density at radius 3 is 2.79 bits per heavy atom. The third-order valence-corrected chi connectivity index (χ3v) is 4.23. The van der Waals surface area contributed by atoms with Crippen molar-refractivity contribution in [2.75, 3.05) is 19.6 Å². The van der Waals surface area contributed by atoms with Gasteiger partial charge in [-0.25, -0.2) is 0 Å². The number of Topliss-reactive ketones (excluding diaryl/α,β-unsaturated/α-hetero) is 1. The second-order valence-electron chi connectivity index (χ2n) is 5.95. The molecule has 19 heavy (non-hydrogen) atoms. The first-order valence-corrected chi connectivity index (χ1v) is 7.20. The summed E-state index contributed by atoms with van der Waals surface area (Å²) in [6.07, 6.45) is 4.03. The number of carbonyl (C=O) groups is 1. The summed E-state index contributed by atoms with van der Waals surface area (Å²) in [5, 5.41) is 0. The Morgan fingerprint density at radius 1 is 1.26 bits per heavy atom. The molecule has 1 aromatic rings. The van der Waals surface area contributed by atoms with E-state index in [0.717, 1.165) is 24.3 Å². The molecule has 0 amide bonds. The molecule has 0 aliphatic carbocycles. The highest BCUT2D eigenvalue weighted by Crippen LogP contribution is 2.35. The van der Waals surface area contributed by atoms with E-state index in [4.69, 9.17) is 4.74 Å². The number of ether oxygens (including phenoxy) is 1. The number of ketones is 1. The van der Waals surface area contributed by atoms with Crippen molar-refractivity contribution < 1.29 is 9.53 Å². The van der Waals surface area contributed by atoms with Gasteiger partial charge in [0.25, 0.3) is 0 Å². The largest absolute Gasteiger partial charge is 0.486 e. The number of para-hydroxylation sites is 1. The summed E-state index contributed by atoms with van der Waals surface area (Å²) < 4.78 is 6.10. The molecule has 2 aliphatic rings. The van der Waals surface area contributed by atoms with Crippen LogP contribution in [0.5, 0.6) is 5.75 Å². The van der Waals surface area contributed by atoms with Gasteiger partial charge in [0.05, 0.1) is 12.0 Å². The Balaban J connectivity index is 1.70. The molecule has 3 heteroatoms. The molecule has 3 rings (SSSR count). The van der Waals surface area contributed by atoms with E-state index in [1.54, 1.807) is 0 Å². The highest BCUT2D eigenvalue weighted by molar-refractivity contribution is 6.00. The smallest absolute Gasteiger partial charge is 0.170 e. The van der Waals surface area contributed by atoms with E-state index in [-0.39, 0.29) is 11.4 Å². The van der Waals surface area contributed by atoms with Crippen LogP contribution in [0.4, 0.5) is 0 Å². The van der Waals surface area contributed by atoms with Gasteiger partial charge in [-0.1, -0.05) is 12.1 Å². The van der Waals surface area contributed by atoms with Crippen LogP contribution in [0.1, 0.15) is 43.0 Å². The lowest BCUT2D eigenvalue weighted by Crippen LogP contribution is -2.41. The Kier molecular flexibility index (Phi) is 3.31. The van der Waals surface area contributed by atoms with Crippen LogP contribution in [0.3, 0.4) is 0 Å². The van der Waals surface area contributed by atoms with Crippen LogP contribution in [0, 0.1) is 0 Å². The van der Waals surface area contributed by atoms with Crippen LogP contribution < -0.4 is 4.74 Å². The van der Waals surface area contributed by atoms with Crippen molar-refractivity contribution in [2.45, 2.75) is 38.2 Å². The lowest BCUT2D eigenvalue weighted by Gasteiger charge is -2.36. The van der Waals surface area contributed by atoms with Gasteiger partial charge in [-0.05, 0) is 51.4 Å². The van der Waals surface area contributed by atoms with Crippen LogP contribution in [-0.4, -0.2) is 35.9 Å². The van der Waals surface area contributed by atoms with Crippen LogP contribution in [0.15, 0.2) is 24.3 Å². The van der Waals surface area contributed by atoms with Gasteiger partial charge < -0.3 is 9.64 Å². The van der Waals surface area contributed by atoms with Gasteiger partial charge in [-0.3, -0.25) is 4.79 Å². The summed E-state index contributed by atoms with van der Waals surface area (Å²) in [6, 6.07) is 7.59. The molecule has 1 atom stereocenters. The molecule has 0 spiro atoms. The lowest BCUT2D eigenvalue weighted by atomic mass is 9.89. The van der Waals surface area contributed by atoms with Gasteiger partial charge in [0.15, 0.2) is 5.78 Å². The first-order chi connectivity index (χ1) is 9.16. The van der Waals surface area contributed by atoms with E-state index in [0.29, 0.717) is 6.42 Å². The van der Waals surface area contributed by atoms with Crippen LogP contribution in [-0.2, 0) is 0 Å². The van der Waals surface area contributed by atoms with Gasteiger partial charge >= 0.3 is 0 Å². The van der Waals surface area contributed by atoms with E-state index in [9.17, 15) is 4.79 Å². The van der Waals surface area contributed by atoms with Gasteiger partial charge in [-0.15, -0.1) is 0 Å². The zero-order valence-corrected chi connectivity index (χ0v) is 11.5.